The van der Waals surface area contributed by atoms with Gasteiger partial charge < -0.3 is 10.8 Å². The summed E-state index contributed by atoms with van der Waals surface area (Å²) in [6.45, 7) is 3.49. The highest BCUT2D eigenvalue weighted by Crippen LogP contribution is 2.34. The fourth-order valence-electron chi connectivity index (χ4n) is 1.81. The Kier molecular flexibility index (Phi) is 4.16. The Morgan fingerprint density at radius 2 is 2.15 bits per heavy atom. The zero-order chi connectivity index (χ0) is 9.84. The van der Waals surface area contributed by atoms with Gasteiger partial charge >= 0.3 is 0 Å². The molecule has 1 saturated carbocycles. The maximum atomic E-state index is 9.49. The summed E-state index contributed by atoms with van der Waals surface area (Å²) in [4.78, 5) is 2.21. The number of aliphatic hydroxyl groups excluding tert-OH is 1. The molecule has 1 aliphatic carbocycles. The van der Waals surface area contributed by atoms with Gasteiger partial charge in [0.1, 0.15) is 0 Å². The normalized spacial score (nSPS) is 21.9. The Labute approximate surface area is 80.9 Å². The van der Waals surface area contributed by atoms with Crippen LogP contribution in [0, 0.1) is 5.92 Å². The summed E-state index contributed by atoms with van der Waals surface area (Å²) >= 11 is 0. The average Bonchev–Trinajstić information content (AvgIpc) is 2.89. The number of hydrogen-bond acceptors (Lipinski definition) is 3. The summed E-state index contributed by atoms with van der Waals surface area (Å²) in [5.74, 6) is 0.791. The smallest absolute Gasteiger partial charge is 0.0664 e. The molecule has 0 saturated heterocycles. The third kappa shape index (κ3) is 3.25. The molecule has 78 valence electrons. The number of nitrogens with zero attached hydrogens (tertiary/aromatic N) is 1. The molecule has 1 rings (SSSR count). The maximum absolute atomic E-state index is 9.49. The molecule has 0 heterocycles. The van der Waals surface area contributed by atoms with E-state index in [-0.39, 0.29) is 6.10 Å². The molecule has 0 radical (unpaired) electrons. The molecule has 2 unspecified atom stereocenters. The molecular formula is C10H22N2O. The molecule has 1 aliphatic rings. The van der Waals surface area contributed by atoms with Crippen molar-refractivity contribution in [3.63, 3.8) is 0 Å². The van der Waals surface area contributed by atoms with Gasteiger partial charge in [0.2, 0.25) is 0 Å². The van der Waals surface area contributed by atoms with Crippen molar-refractivity contribution in [3.8, 4) is 0 Å². The van der Waals surface area contributed by atoms with Crippen molar-refractivity contribution < 1.29 is 5.11 Å². The number of hydrogen-bond donors (Lipinski definition) is 2. The Morgan fingerprint density at radius 1 is 1.54 bits per heavy atom. The largest absolute Gasteiger partial charge is 0.392 e. The van der Waals surface area contributed by atoms with Crippen LogP contribution in [0.15, 0.2) is 0 Å². The van der Waals surface area contributed by atoms with Crippen molar-refractivity contribution in [2.75, 3.05) is 20.1 Å². The number of nitrogens with two attached hydrogens (primary N) is 1. The van der Waals surface area contributed by atoms with Crippen LogP contribution in [-0.4, -0.2) is 42.3 Å². The number of rotatable bonds is 6. The highest BCUT2D eigenvalue weighted by atomic mass is 16.3. The summed E-state index contributed by atoms with van der Waals surface area (Å²) in [5.41, 5.74) is 5.71. The lowest BCUT2D eigenvalue weighted by atomic mass is 10.1. The zero-order valence-electron chi connectivity index (χ0n) is 8.74. The standard InChI is InChI=1S/C10H22N2O/c1-3-9(13)7-12(2)10(6-11)8-4-5-8/h8-10,13H,3-7,11H2,1-2H3. The van der Waals surface area contributed by atoms with Crippen LogP contribution < -0.4 is 5.73 Å². The fraction of sp³-hybridized carbons (Fsp3) is 1.00. The highest BCUT2D eigenvalue weighted by Gasteiger charge is 2.33. The van der Waals surface area contributed by atoms with E-state index in [9.17, 15) is 5.11 Å². The van der Waals surface area contributed by atoms with Gasteiger partial charge in [-0.15, -0.1) is 0 Å². The molecule has 3 nitrogen and oxygen atoms in total. The van der Waals surface area contributed by atoms with Gasteiger partial charge in [-0.25, -0.2) is 0 Å². The first-order valence-corrected chi connectivity index (χ1v) is 5.27. The second-order valence-corrected chi connectivity index (χ2v) is 4.14. The minimum Gasteiger partial charge on any atom is -0.392 e. The Morgan fingerprint density at radius 3 is 2.54 bits per heavy atom. The topological polar surface area (TPSA) is 49.5 Å². The third-order valence-corrected chi connectivity index (χ3v) is 2.94. The SMILES string of the molecule is CCC(O)CN(C)C(CN)C1CC1. The van der Waals surface area contributed by atoms with E-state index in [4.69, 9.17) is 5.73 Å². The van der Waals surface area contributed by atoms with Crippen molar-refractivity contribution >= 4 is 0 Å². The third-order valence-electron chi connectivity index (χ3n) is 2.94. The van der Waals surface area contributed by atoms with Crippen LogP contribution in [0.3, 0.4) is 0 Å². The number of likely N-dealkylation sites (N-methyl/N-ethyl adjacent to an activating group) is 1. The highest BCUT2D eigenvalue weighted by molar-refractivity contribution is 4.88. The second kappa shape index (κ2) is 4.94. The molecule has 0 spiro atoms. The Hall–Kier alpha value is -0.120. The van der Waals surface area contributed by atoms with E-state index in [1.807, 2.05) is 6.92 Å². The molecule has 0 aliphatic heterocycles. The first-order valence-electron chi connectivity index (χ1n) is 5.27. The molecular weight excluding hydrogens is 164 g/mol. The predicted octanol–water partition coefficient (Wildman–Crippen LogP) is 0.426. The van der Waals surface area contributed by atoms with Crippen molar-refractivity contribution in [2.45, 2.75) is 38.3 Å². The maximum Gasteiger partial charge on any atom is 0.0664 e. The van der Waals surface area contributed by atoms with Crippen molar-refractivity contribution in [3.05, 3.63) is 0 Å². The van der Waals surface area contributed by atoms with Gasteiger partial charge in [-0.2, -0.15) is 0 Å². The van der Waals surface area contributed by atoms with E-state index in [2.05, 4.69) is 11.9 Å². The molecule has 0 aromatic carbocycles. The summed E-state index contributed by atoms with van der Waals surface area (Å²) in [5, 5.41) is 9.49. The zero-order valence-corrected chi connectivity index (χ0v) is 8.74. The van der Waals surface area contributed by atoms with Gasteiger partial charge in [-0.3, -0.25) is 4.90 Å². The van der Waals surface area contributed by atoms with Crippen LogP contribution in [-0.2, 0) is 0 Å². The second-order valence-electron chi connectivity index (χ2n) is 4.14. The van der Waals surface area contributed by atoms with Crippen LogP contribution >= 0.6 is 0 Å². The molecule has 0 aromatic rings. The monoisotopic (exact) mass is 186 g/mol. The lowest BCUT2D eigenvalue weighted by Crippen LogP contribution is -2.43. The van der Waals surface area contributed by atoms with Gasteiger partial charge in [0.25, 0.3) is 0 Å². The summed E-state index contributed by atoms with van der Waals surface area (Å²) in [6, 6.07) is 0.487. The van der Waals surface area contributed by atoms with E-state index < -0.39 is 0 Å². The Balaban J connectivity index is 2.30. The number of aliphatic hydroxyl groups is 1. The van der Waals surface area contributed by atoms with E-state index in [0.29, 0.717) is 6.04 Å². The molecule has 0 bridgehead atoms. The van der Waals surface area contributed by atoms with Crippen LogP contribution in [0.5, 0.6) is 0 Å². The summed E-state index contributed by atoms with van der Waals surface area (Å²) in [6.07, 6.45) is 3.26. The molecule has 1 fully saturated rings. The lowest BCUT2D eigenvalue weighted by molar-refractivity contribution is 0.0967. The quantitative estimate of drug-likeness (QED) is 0.632. The molecule has 13 heavy (non-hydrogen) atoms. The van der Waals surface area contributed by atoms with E-state index in [1.165, 1.54) is 12.8 Å². The van der Waals surface area contributed by atoms with Crippen LogP contribution in [0.4, 0.5) is 0 Å². The molecule has 0 amide bonds. The molecule has 3 heteroatoms. The van der Waals surface area contributed by atoms with E-state index >= 15 is 0 Å². The lowest BCUT2D eigenvalue weighted by Gasteiger charge is -2.28. The molecule has 0 aromatic heterocycles. The van der Waals surface area contributed by atoms with Crippen molar-refractivity contribution in [2.24, 2.45) is 11.7 Å². The van der Waals surface area contributed by atoms with E-state index in [0.717, 1.165) is 25.4 Å². The first-order chi connectivity index (χ1) is 6.19. The predicted molar refractivity (Wildman–Crippen MR) is 54.5 cm³/mol. The van der Waals surface area contributed by atoms with Gasteiger partial charge in [0, 0.05) is 19.1 Å². The molecule has 3 N–H and O–H groups in total. The Bertz CT molecular complexity index is 148. The average molecular weight is 186 g/mol. The minimum absolute atomic E-state index is 0.196. The van der Waals surface area contributed by atoms with Crippen molar-refractivity contribution in [1.82, 2.24) is 4.90 Å². The summed E-state index contributed by atoms with van der Waals surface area (Å²) < 4.78 is 0. The van der Waals surface area contributed by atoms with Gasteiger partial charge in [-0.05, 0) is 32.2 Å². The van der Waals surface area contributed by atoms with Crippen LogP contribution in [0.2, 0.25) is 0 Å². The minimum atomic E-state index is -0.196. The fourth-order valence-corrected chi connectivity index (χ4v) is 1.81. The van der Waals surface area contributed by atoms with E-state index in [1.54, 1.807) is 0 Å². The van der Waals surface area contributed by atoms with Crippen LogP contribution in [0.1, 0.15) is 26.2 Å². The summed E-state index contributed by atoms with van der Waals surface area (Å²) in [7, 11) is 2.06. The van der Waals surface area contributed by atoms with Crippen LogP contribution in [0.25, 0.3) is 0 Å². The van der Waals surface area contributed by atoms with Crippen molar-refractivity contribution in [1.29, 1.82) is 0 Å². The van der Waals surface area contributed by atoms with Gasteiger partial charge in [0.15, 0.2) is 0 Å². The first kappa shape index (κ1) is 11.0. The van der Waals surface area contributed by atoms with Gasteiger partial charge in [0.05, 0.1) is 6.10 Å². The van der Waals surface area contributed by atoms with Gasteiger partial charge in [-0.1, -0.05) is 6.92 Å². The molecule has 2 atom stereocenters.